The van der Waals surface area contributed by atoms with E-state index in [2.05, 4.69) is 52.7 Å². The molecule has 0 spiro atoms. The van der Waals surface area contributed by atoms with E-state index in [1.165, 1.54) is 41.2 Å². The van der Waals surface area contributed by atoms with E-state index in [9.17, 15) is 0 Å². The van der Waals surface area contributed by atoms with Crippen molar-refractivity contribution in [3.05, 3.63) is 47.3 Å². The van der Waals surface area contributed by atoms with Crippen molar-refractivity contribution in [2.24, 2.45) is 5.92 Å². The molecule has 0 radical (unpaired) electrons. The lowest BCUT2D eigenvalue weighted by Gasteiger charge is -2.45. The summed E-state index contributed by atoms with van der Waals surface area (Å²) in [4.78, 5) is 5.95. The van der Waals surface area contributed by atoms with Gasteiger partial charge >= 0.3 is 0 Å². The van der Waals surface area contributed by atoms with Gasteiger partial charge in [0, 0.05) is 17.5 Å². The van der Waals surface area contributed by atoms with E-state index in [1.54, 1.807) is 11.3 Å². The molecule has 2 nitrogen and oxygen atoms in total. The average molecular weight is 329 g/mol. The minimum absolute atomic E-state index is 0.539. The zero-order chi connectivity index (χ0) is 14.9. The first-order chi connectivity index (χ1) is 10.8. The molecule has 0 amide bonds. The van der Waals surface area contributed by atoms with Gasteiger partial charge in [-0.3, -0.25) is 0 Å². The summed E-state index contributed by atoms with van der Waals surface area (Å²) in [5, 5.41) is 3.63. The lowest BCUT2D eigenvalue weighted by atomic mass is 9.84. The maximum atomic E-state index is 5.66. The minimum Gasteiger partial charge on any atom is -0.371 e. The summed E-state index contributed by atoms with van der Waals surface area (Å²) in [7, 11) is 0. The van der Waals surface area contributed by atoms with E-state index >= 15 is 0 Å². The lowest BCUT2D eigenvalue weighted by molar-refractivity contribution is 0.0816. The highest BCUT2D eigenvalue weighted by molar-refractivity contribution is 7.81. The van der Waals surface area contributed by atoms with Gasteiger partial charge < -0.3 is 10.2 Å². The monoisotopic (exact) mass is 328 g/mol. The summed E-state index contributed by atoms with van der Waals surface area (Å²) in [5.74, 6) is 0.802. The number of hydrogen-bond donors (Lipinski definition) is 1. The summed E-state index contributed by atoms with van der Waals surface area (Å²) < 4.78 is 0. The van der Waals surface area contributed by atoms with Gasteiger partial charge in [0.2, 0.25) is 0 Å². The Hall–Kier alpha value is -1.23. The molecule has 0 unspecified atom stereocenters. The molecular formula is C18H20N2S2. The van der Waals surface area contributed by atoms with Crippen LogP contribution in [0.2, 0.25) is 0 Å². The van der Waals surface area contributed by atoms with E-state index in [1.807, 2.05) is 0 Å². The van der Waals surface area contributed by atoms with Crippen LogP contribution in [0, 0.1) is 5.92 Å². The number of benzene rings is 1. The molecule has 22 heavy (non-hydrogen) atoms. The highest BCUT2D eigenvalue weighted by Gasteiger charge is 2.34. The van der Waals surface area contributed by atoms with Crippen LogP contribution in [0.4, 0.5) is 0 Å². The Morgan fingerprint density at radius 1 is 1.09 bits per heavy atom. The van der Waals surface area contributed by atoms with Gasteiger partial charge in [0.15, 0.2) is 0 Å². The Kier molecular flexibility index (Phi) is 3.99. The largest absolute Gasteiger partial charge is 0.371 e. The van der Waals surface area contributed by atoms with Gasteiger partial charge in [-0.15, -0.1) is 11.3 Å². The number of fused-ring (bicyclic) bond motifs is 3. The number of hydrogen-bond acceptors (Lipinski definition) is 3. The van der Waals surface area contributed by atoms with Crippen molar-refractivity contribution in [3.63, 3.8) is 0 Å². The summed E-state index contributed by atoms with van der Waals surface area (Å²) in [5.41, 5.74) is 1.27. The molecule has 4 heterocycles. The topological polar surface area (TPSA) is 15.3 Å². The summed E-state index contributed by atoms with van der Waals surface area (Å²) in [6.45, 7) is 3.70. The molecule has 3 aliphatic rings. The molecule has 1 N–H and O–H groups in total. The van der Waals surface area contributed by atoms with Crippen molar-refractivity contribution in [1.29, 1.82) is 0 Å². The van der Waals surface area contributed by atoms with Crippen LogP contribution in [-0.4, -0.2) is 35.6 Å². The molecule has 2 aromatic rings. The van der Waals surface area contributed by atoms with Crippen LogP contribution >= 0.6 is 23.6 Å². The van der Waals surface area contributed by atoms with E-state index < -0.39 is 0 Å². The van der Waals surface area contributed by atoms with E-state index in [0.29, 0.717) is 6.04 Å². The van der Waals surface area contributed by atoms with Gasteiger partial charge in [0.1, 0.15) is 4.99 Å². The number of piperidine rings is 3. The van der Waals surface area contributed by atoms with Crippen LogP contribution in [0.3, 0.4) is 0 Å². The number of nitrogens with one attached hydrogen (secondary N) is 1. The van der Waals surface area contributed by atoms with Crippen LogP contribution in [-0.2, 0) is 0 Å². The van der Waals surface area contributed by atoms with Crippen LogP contribution in [0.15, 0.2) is 42.5 Å². The summed E-state index contributed by atoms with van der Waals surface area (Å²) in [6.07, 6.45) is 2.64. The molecule has 3 saturated heterocycles. The van der Waals surface area contributed by atoms with Crippen LogP contribution in [0.25, 0.3) is 10.4 Å². The molecule has 4 heteroatoms. The Morgan fingerprint density at radius 2 is 1.86 bits per heavy atom. The van der Waals surface area contributed by atoms with Crippen LogP contribution in [0.5, 0.6) is 0 Å². The third kappa shape index (κ3) is 2.83. The summed E-state index contributed by atoms with van der Waals surface area (Å²) in [6, 6.07) is 15.4. The molecular weight excluding hydrogens is 308 g/mol. The van der Waals surface area contributed by atoms with Gasteiger partial charge in [-0.1, -0.05) is 42.5 Å². The Morgan fingerprint density at radius 3 is 2.55 bits per heavy atom. The van der Waals surface area contributed by atoms with Crippen molar-refractivity contribution in [2.75, 3.05) is 19.6 Å². The van der Waals surface area contributed by atoms with Crippen molar-refractivity contribution in [1.82, 2.24) is 10.2 Å². The predicted molar refractivity (Wildman–Crippen MR) is 97.5 cm³/mol. The average Bonchev–Trinajstić information content (AvgIpc) is 3.07. The fourth-order valence-corrected chi connectivity index (χ4v) is 4.84. The zero-order valence-electron chi connectivity index (χ0n) is 12.5. The van der Waals surface area contributed by atoms with Crippen LogP contribution < -0.4 is 5.32 Å². The van der Waals surface area contributed by atoms with Gasteiger partial charge in [-0.25, -0.2) is 0 Å². The standard InChI is InChI=1S/C18H20N2S2/c21-18(19-15-12-20-10-8-13(15)9-11-20)17-7-6-16(22-17)14-4-2-1-3-5-14/h1-7,13,15H,8-12H2,(H,19,21)/t15-/m0/s1. The molecule has 1 aromatic heterocycles. The minimum atomic E-state index is 0.539. The van der Waals surface area contributed by atoms with Crippen molar-refractivity contribution < 1.29 is 0 Å². The zero-order valence-corrected chi connectivity index (χ0v) is 14.1. The molecule has 1 atom stereocenters. The van der Waals surface area contributed by atoms with Crippen LogP contribution in [0.1, 0.15) is 17.7 Å². The molecule has 0 saturated carbocycles. The molecule has 3 fully saturated rings. The molecule has 3 aliphatic heterocycles. The first-order valence-corrected chi connectivity index (χ1v) is 9.20. The van der Waals surface area contributed by atoms with E-state index in [0.717, 1.165) is 17.5 Å². The highest BCUT2D eigenvalue weighted by Crippen LogP contribution is 2.30. The third-order valence-electron chi connectivity index (χ3n) is 4.86. The Bertz CT molecular complexity index is 657. The molecule has 114 valence electrons. The normalized spacial score (nSPS) is 26.8. The van der Waals surface area contributed by atoms with Crippen molar-refractivity contribution in [2.45, 2.75) is 18.9 Å². The predicted octanol–water partition coefficient (Wildman–Crippen LogP) is 3.77. The van der Waals surface area contributed by atoms with Gasteiger partial charge in [-0.2, -0.15) is 0 Å². The van der Waals surface area contributed by atoms with Gasteiger partial charge in [0.25, 0.3) is 0 Å². The van der Waals surface area contributed by atoms with Gasteiger partial charge in [-0.05, 0) is 49.5 Å². The highest BCUT2D eigenvalue weighted by atomic mass is 32.1. The van der Waals surface area contributed by atoms with Crippen molar-refractivity contribution >= 4 is 28.5 Å². The fourth-order valence-electron chi connectivity index (χ4n) is 3.59. The van der Waals surface area contributed by atoms with E-state index in [4.69, 9.17) is 12.2 Å². The van der Waals surface area contributed by atoms with E-state index in [-0.39, 0.29) is 0 Å². The maximum absolute atomic E-state index is 5.66. The maximum Gasteiger partial charge on any atom is 0.117 e. The first kappa shape index (κ1) is 14.4. The number of nitrogens with zero attached hydrogens (tertiary/aromatic N) is 1. The molecule has 2 bridgehead atoms. The molecule has 1 aromatic carbocycles. The number of rotatable bonds is 3. The smallest absolute Gasteiger partial charge is 0.117 e. The molecule has 0 aliphatic carbocycles. The Labute approximate surface area is 141 Å². The van der Waals surface area contributed by atoms with Gasteiger partial charge in [0.05, 0.1) is 4.88 Å². The number of thiocarbonyl (C=S) groups is 1. The number of thiophene rings is 1. The lowest BCUT2D eigenvalue weighted by Crippen LogP contribution is -2.57. The second kappa shape index (κ2) is 6.11. The fraction of sp³-hybridized carbons (Fsp3) is 0.389. The van der Waals surface area contributed by atoms with Crippen molar-refractivity contribution in [3.8, 4) is 10.4 Å². The second-order valence-electron chi connectivity index (χ2n) is 6.25. The first-order valence-electron chi connectivity index (χ1n) is 7.98. The molecule has 5 rings (SSSR count). The third-order valence-corrected chi connectivity index (χ3v) is 6.48. The SMILES string of the molecule is S=C(N[C@H]1CN2CCC1CC2)c1ccc(-c2ccccc2)s1. The summed E-state index contributed by atoms with van der Waals surface area (Å²) >= 11 is 7.45. The Balaban J connectivity index is 1.46. The second-order valence-corrected chi connectivity index (χ2v) is 7.74. The quantitative estimate of drug-likeness (QED) is 0.864.